The summed E-state index contributed by atoms with van der Waals surface area (Å²) in [5.74, 6) is -0.882. The molecule has 0 amide bonds. The summed E-state index contributed by atoms with van der Waals surface area (Å²) in [6, 6.07) is 5.84. The molecule has 1 aromatic rings. The van der Waals surface area contributed by atoms with Crippen LogP contribution in [-0.4, -0.2) is 35.6 Å². The first-order valence-corrected chi connectivity index (χ1v) is 6.95. The lowest BCUT2D eigenvalue weighted by Crippen LogP contribution is -3.06. The van der Waals surface area contributed by atoms with Gasteiger partial charge in [0.1, 0.15) is 5.82 Å². The average molecular weight is 260 g/mol. The van der Waals surface area contributed by atoms with Crippen LogP contribution >= 0.6 is 0 Å². The average Bonchev–Trinajstić information content (AvgIpc) is 2.20. The molecule has 4 nitrogen and oxygen atoms in total. The largest absolute Gasteiger partial charge is 0.544 e. The molecule has 0 atom stereocenters. The Balaban J connectivity index is 2.58. The highest BCUT2D eigenvalue weighted by molar-refractivity contribution is 7.93. The van der Waals surface area contributed by atoms with Gasteiger partial charge in [0.15, 0.2) is 0 Å². The monoisotopic (exact) mass is 260 g/mol. The summed E-state index contributed by atoms with van der Waals surface area (Å²) in [5, 5.41) is 0. The predicted molar refractivity (Wildman–Crippen MR) is 64.9 cm³/mol. The van der Waals surface area contributed by atoms with Crippen molar-refractivity contribution in [1.82, 2.24) is 0 Å². The quantitative estimate of drug-likeness (QED) is 0.793. The number of rotatable bonds is 6. The van der Waals surface area contributed by atoms with Crippen LogP contribution in [0.25, 0.3) is 4.72 Å². The summed E-state index contributed by atoms with van der Waals surface area (Å²) in [7, 11) is 0.250. The zero-order chi connectivity index (χ0) is 12.9. The molecular formula is C11H17FN2O2S. The van der Waals surface area contributed by atoms with Gasteiger partial charge in [-0.2, -0.15) is 0 Å². The summed E-state index contributed by atoms with van der Waals surface area (Å²) < 4.78 is 40.1. The van der Waals surface area contributed by atoms with Crippen molar-refractivity contribution in [3.8, 4) is 0 Å². The highest BCUT2D eigenvalue weighted by atomic mass is 32.2. The fourth-order valence-corrected chi connectivity index (χ4v) is 2.35. The van der Waals surface area contributed by atoms with Crippen LogP contribution in [0, 0.1) is 5.82 Å². The van der Waals surface area contributed by atoms with Gasteiger partial charge in [0, 0.05) is 5.56 Å². The highest BCUT2D eigenvalue weighted by Crippen LogP contribution is 2.14. The highest BCUT2D eigenvalue weighted by Gasteiger charge is 2.06. The molecule has 0 aromatic heterocycles. The molecule has 0 spiro atoms. The SMILES string of the molecule is C[NH+](C)CC[N-]S(=O)(=O)Cc1ccccc1F. The van der Waals surface area contributed by atoms with Crippen LogP contribution in [0.5, 0.6) is 0 Å². The van der Waals surface area contributed by atoms with E-state index in [9.17, 15) is 12.8 Å². The van der Waals surface area contributed by atoms with Crippen LogP contribution in [0.3, 0.4) is 0 Å². The number of hydrogen-bond acceptors (Lipinski definition) is 2. The molecule has 0 aliphatic rings. The smallest absolute Gasteiger partial charge is 0.127 e. The van der Waals surface area contributed by atoms with Crippen LogP contribution in [0.15, 0.2) is 24.3 Å². The van der Waals surface area contributed by atoms with Gasteiger partial charge in [-0.25, -0.2) is 12.8 Å². The maximum atomic E-state index is 13.3. The van der Waals surface area contributed by atoms with Crippen molar-refractivity contribution in [1.29, 1.82) is 0 Å². The van der Waals surface area contributed by atoms with E-state index in [4.69, 9.17) is 0 Å². The van der Waals surface area contributed by atoms with E-state index in [-0.39, 0.29) is 17.9 Å². The van der Waals surface area contributed by atoms with Crippen LogP contribution in [0.4, 0.5) is 4.39 Å². The van der Waals surface area contributed by atoms with Crippen molar-refractivity contribution in [3.05, 3.63) is 40.4 Å². The molecule has 0 radical (unpaired) electrons. The molecule has 0 heterocycles. The minimum absolute atomic E-state index is 0.161. The van der Waals surface area contributed by atoms with Gasteiger partial charge in [-0.15, -0.1) is 0 Å². The molecule has 0 saturated heterocycles. The fraction of sp³-hybridized carbons (Fsp3) is 0.455. The lowest BCUT2D eigenvalue weighted by Gasteiger charge is -2.20. The Morgan fingerprint density at radius 2 is 1.94 bits per heavy atom. The van der Waals surface area contributed by atoms with Crippen molar-refractivity contribution in [2.45, 2.75) is 5.75 Å². The number of sulfonamides is 1. The minimum Gasteiger partial charge on any atom is -0.544 e. The van der Waals surface area contributed by atoms with Crippen molar-refractivity contribution < 1.29 is 17.7 Å². The fourth-order valence-electron chi connectivity index (χ4n) is 1.27. The zero-order valence-electron chi connectivity index (χ0n) is 9.98. The van der Waals surface area contributed by atoms with E-state index >= 15 is 0 Å². The van der Waals surface area contributed by atoms with E-state index in [1.54, 1.807) is 6.07 Å². The molecule has 17 heavy (non-hydrogen) atoms. The second-order valence-corrected chi connectivity index (χ2v) is 5.84. The Bertz CT molecular complexity index is 460. The van der Waals surface area contributed by atoms with Crippen LogP contribution in [0.2, 0.25) is 0 Å². The van der Waals surface area contributed by atoms with E-state index in [0.717, 1.165) is 4.90 Å². The maximum Gasteiger partial charge on any atom is 0.127 e. The first kappa shape index (κ1) is 14.1. The Hall–Kier alpha value is -0.980. The number of hydrogen-bond donors (Lipinski definition) is 1. The van der Waals surface area contributed by atoms with E-state index in [2.05, 4.69) is 4.72 Å². The standard InChI is InChI=1S/C11H16FN2O2S/c1-14(2)8-7-13-17(15,16)9-10-5-3-4-6-11(10)12/h3-6H,7-9H2,1-2H3/q-1/p+1. The number of benzene rings is 1. The van der Waals surface area contributed by atoms with Gasteiger partial charge in [0.2, 0.25) is 0 Å². The van der Waals surface area contributed by atoms with E-state index in [0.29, 0.717) is 6.54 Å². The minimum atomic E-state index is -3.58. The molecule has 1 rings (SSSR count). The van der Waals surface area contributed by atoms with Crippen molar-refractivity contribution in [2.24, 2.45) is 0 Å². The van der Waals surface area contributed by atoms with Gasteiger partial charge in [0.05, 0.1) is 36.4 Å². The Kier molecular flexibility index (Phi) is 5.04. The number of halogens is 1. The normalized spacial score (nSPS) is 12.0. The lowest BCUT2D eigenvalue weighted by molar-refractivity contribution is -0.856. The van der Waals surface area contributed by atoms with Crippen molar-refractivity contribution in [3.63, 3.8) is 0 Å². The van der Waals surface area contributed by atoms with E-state index in [1.807, 2.05) is 14.1 Å². The lowest BCUT2D eigenvalue weighted by atomic mass is 10.2. The van der Waals surface area contributed by atoms with Crippen LogP contribution in [0.1, 0.15) is 5.56 Å². The zero-order valence-corrected chi connectivity index (χ0v) is 10.8. The van der Waals surface area contributed by atoms with Crippen molar-refractivity contribution >= 4 is 10.0 Å². The van der Waals surface area contributed by atoms with Gasteiger partial charge >= 0.3 is 0 Å². The number of nitrogens with zero attached hydrogens (tertiary/aromatic N) is 1. The molecule has 96 valence electrons. The Morgan fingerprint density at radius 3 is 2.53 bits per heavy atom. The van der Waals surface area contributed by atoms with E-state index < -0.39 is 15.8 Å². The molecule has 0 fully saturated rings. The molecule has 1 aromatic carbocycles. The molecule has 1 N–H and O–H groups in total. The van der Waals surface area contributed by atoms with Gasteiger partial charge in [-0.1, -0.05) is 24.7 Å². The molecule has 0 aliphatic heterocycles. The third kappa shape index (κ3) is 5.25. The topological polar surface area (TPSA) is 52.7 Å². The van der Waals surface area contributed by atoms with Gasteiger partial charge < -0.3 is 9.62 Å². The van der Waals surface area contributed by atoms with Gasteiger partial charge in [0.25, 0.3) is 0 Å². The second-order valence-electron chi connectivity index (χ2n) is 4.13. The molecule has 0 unspecified atom stereocenters. The van der Waals surface area contributed by atoms with E-state index in [1.165, 1.54) is 18.2 Å². The number of nitrogens with one attached hydrogen (secondary N) is 1. The number of quaternary nitrogens is 1. The molecule has 0 aliphatic carbocycles. The summed E-state index contributed by atoms with van der Waals surface area (Å²) in [4.78, 5) is 1.12. The molecule has 0 saturated carbocycles. The first-order valence-electron chi connectivity index (χ1n) is 5.34. The molecular weight excluding hydrogens is 243 g/mol. The first-order chi connectivity index (χ1) is 7.91. The Morgan fingerprint density at radius 1 is 1.29 bits per heavy atom. The van der Waals surface area contributed by atoms with Crippen LogP contribution < -0.4 is 4.90 Å². The number of likely N-dealkylation sites (N-methyl/N-ethyl adjacent to an activating group) is 1. The summed E-state index contributed by atoms with van der Waals surface area (Å²) in [6.07, 6.45) is 0. The Labute approximate surface area is 101 Å². The van der Waals surface area contributed by atoms with Gasteiger partial charge in [-0.05, 0) is 6.07 Å². The maximum absolute atomic E-state index is 13.3. The predicted octanol–water partition coefficient (Wildman–Crippen LogP) is 0.174. The third-order valence-corrected chi connectivity index (χ3v) is 3.45. The summed E-state index contributed by atoms with van der Waals surface area (Å²) >= 11 is 0. The summed E-state index contributed by atoms with van der Waals surface area (Å²) in [5.41, 5.74) is 0.161. The van der Waals surface area contributed by atoms with Crippen molar-refractivity contribution in [2.75, 3.05) is 27.2 Å². The van der Waals surface area contributed by atoms with Gasteiger partial charge in [-0.3, -0.25) is 0 Å². The van der Waals surface area contributed by atoms with Crippen LogP contribution in [-0.2, 0) is 15.8 Å². The summed E-state index contributed by atoms with van der Waals surface area (Å²) in [6.45, 7) is 0.871. The second kappa shape index (κ2) is 6.09. The molecule has 0 bridgehead atoms. The third-order valence-electron chi connectivity index (χ3n) is 2.20. The molecule has 6 heteroatoms.